The summed E-state index contributed by atoms with van der Waals surface area (Å²) in [5.74, 6) is 0.545. The molecule has 0 fully saturated rings. The van der Waals surface area contributed by atoms with Crippen LogP contribution in [0.2, 0.25) is 0 Å². The molecule has 0 saturated carbocycles. The summed E-state index contributed by atoms with van der Waals surface area (Å²) < 4.78 is 26.9. The molecule has 8 heteroatoms. The third kappa shape index (κ3) is 8.28. The molecule has 0 atom stereocenters. The van der Waals surface area contributed by atoms with E-state index in [1.165, 1.54) is 22.3 Å². The molecule has 0 bridgehead atoms. The van der Waals surface area contributed by atoms with Gasteiger partial charge in [0.15, 0.2) is 0 Å². The third-order valence-corrected chi connectivity index (χ3v) is 5.35. The van der Waals surface area contributed by atoms with E-state index in [1.54, 1.807) is 0 Å². The summed E-state index contributed by atoms with van der Waals surface area (Å²) in [5, 5.41) is 2.73. The Morgan fingerprint density at radius 3 is 1.76 bits per heavy atom. The van der Waals surface area contributed by atoms with E-state index in [-0.39, 0.29) is 5.92 Å². The highest BCUT2D eigenvalue weighted by molar-refractivity contribution is 6.17. The lowest BCUT2D eigenvalue weighted by molar-refractivity contribution is 0.0000664. The van der Waals surface area contributed by atoms with Gasteiger partial charge in [-0.1, -0.05) is 48.5 Å². The first-order chi connectivity index (χ1) is 16.3. The molecule has 0 unspecified atom stereocenters. The van der Waals surface area contributed by atoms with Crippen molar-refractivity contribution >= 4 is 17.7 Å². The van der Waals surface area contributed by atoms with Crippen LogP contribution in [0.1, 0.15) is 17.0 Å². The molecule has 0 aromatic heterocycles. The number of alkyl halides is 1. The molecule has 33 heavy (non-hydrogen) atoms. The zero-order valence-corrected chi connectivity index (χ0v) is 19.6. The van der Waals surface area contributed by atoms with Crippen LogP contribution in [-0.4, -0.2) is 78.0 Å². The Bertz CT molecular complexity index is 804. The minimum absolute atomic E-state index is 0.0543. The molecule has 0 radical (unpaired) electrons. The fourth-order valence-electron chi connectivity index (χ4n) is 3.69. The zero-order chi connectivity index (χ0) is 23.1. The van der Waals surface area contributed by atoms with Gasteiger partial charge in [0.05, 0.1) is 52.9 Å². The molecule has 1 N–H and O–H groups in total. The quantitative estimate of drug-likeness (QED) is 0.292. The fourth-order valence-corrected chi connectivity index (χ4v) is 3.80. The number of amides is 1. The summed E-state index contributed by atoms with van der Waals surface area (Å²) in [7, 11) is 0. The van der Waals surface area contributed by atoms with Crippen LogP contribution in [0, 0.1) is 0 Å². The van der Waals surface area contributed by atoms with Crippen LogP contribution in [0.4, 0.5) is 4.79 Å². The Morgan fingerprint density at radius 2 is 1.21 bits per heavy atom. The highest BCUT2D eigenvalue weighted by Gasteiger charge is 2.28. The third-order valence-electron chi connectivity index (χ3n) is 5.20. The maximum Gasteiger partial charge on any atom is 0.407 e. The second-order valence-electron chi connectivity index (χ2n) is 7.39. The molecular formula is C25H32ClNO6. The lowest BCUT2D eigenvalue weighted by Gasteiger charge is -2.14. The number of benzene rings is 2. The van der Waals surface area contributed by atoms with E-state index in [1.807, 2.05) is 24.3 Å². The molecule has 2 aromatic rings. The van der Waals surface area contributed by atoms with Gasteiger partial charge in [0, 0.05) is 18.3 Å². The van der Waals surface area contributed by atoms with Crippen LogP contribution in [-0.2, 0) is 23.7 Å². The average Bonchev–Trinajstić information content (AvgIpc) is 3.16. The highest BCUT2D eigenvalue weighted by atomic mass is 35.5. The van der Waals surface area contributed by atoms with Gasteiger partial charge in [-0.15, -0.1) is 11.6 Å². The van der Waals surface area contributed by atoms with Crippen molar-refractivity contribution in [2.75, 3.05) is 71.9 Å². The van der Waals surface area contributed by atoms with Crippen molar-refractivity contribution in [3.63, 3.8) is 0 Å². The smallest absolute Gasteiger partial charge is 0.407 e. The van der Waals surface area contributed by atoms with Crippen molar-refractivity contribution < 1.29 is 28.5 Å². The molecule has 0 saturated heterocycles. The minimum Gasteiger partial charge on any atom is -0.449 e. The predicted octanol–water partition coefficient (Wildman–Crippen LogP) is 3.83. The average molecular weight is 478 g/mol. The minimum atomic E-state index is -0.441. The van der Waals surface area contributed by atoms with Gasteiger partial charge >= 0.3 is 6.09 Å². The van der Waals surface area contributed by atoms with E-state index in [0.29, 0.717) is 71.9 Å². The largest absolute Gasteiger partial charge is 0.449 e. The van der Waals surface area contributed by atoms with Gasteiger partial charge in [0.1, 0.15) is 6.61 Å². The summed E-state index contributed by atoms with van der Waals surface area (Å²) in [6.07, 6.45) is -0.441. The van der Waals surface area contributed by atoms with Crippen LogP contribution in [0.3, 0.4) is 0 Å². The second-order valence-corrected chi connectivity index (χ2v) is 7.77. The molecular weight excluding hydrogens is 446 g/mol. The molecule has 180 valence electrons. The topological polar surface area (TPSA) is 75.3 Å². The number of hydrogen-bond acceptors (Lipinski definition) is 6. The van der Waals surface area contributed by atoms with E-state index in [0.717, 1.165) is 0 Å². The van der Waals surface area contributed by atoms with Crippen LogP contribution in [0.5, 0.6) is 0 Å². The summed E-state index contributed by atoms with van der Waals surface area (Å²) in [6, 6.07) is 16.5. The van der Waals surface area contributed by atoms with Gasteiger partial charge in [-0.25, -0.2) is 4.79 Å². The highest BCUT2D eigenvalue weighted by Crippen LogP contribution is 2.44. The van der Waals surface area contributed by atoms with Gasteiger partial charge in [-0.3, -0.25) is 0 Å². The number of hydrogen-bond donors (Lipinski definition) is 1. The molecule has 1 aliphatic rings. The van der Waals surface area contributed by atoms with Gasteiger partial charge < -0.3 is 29.0 Å². The molecule has 1 amide bonds. The molecule has 7 nitrogen and oxygen atoms in total. The van der Waals surface area contributed by atoms with Crippen LogP contribution in [0.25, 0.3) is 11.1 Å². The molecule has 2 aromatic carbocycles. The van der Waals surface area contributed by atoms with Crippen LogP contribution in [0.15, 0.2) is 48.5 Å². The number of ether oxygens (including phenoxy) is 5. The summed E-state index contributed by atoms with van der Waals surface area (Å²) in [4.78, 5) is 12.1. The van der Waals surface area contributed by atoms with Crippen LogP contribution < -0.4 is 5.32 Å². The SMILES string of the molecule is O=C(NCCOCCOCCOCCOCCCl)OCC1c2ccccc2-c2ccccc21. The normalized spacial score (nSPS) is 12.4. The van der Waals surface area contributed by atoms with E-state index >= 15 is 0 Å². The van der Waals surface area contributed by atoms with Crippen molar-refractivity contribution in [2.24, 2.45) is 0 Å². The van der Waals surface area contributed by atoms with Gasteiger partial charge in [0.2, 0.25) is 0 Å². The Morgan fingerprint density at radius 1 is 0.727 bits per heavy atom. The van der Waals surface area contributed by atoms with Gasteiger partial charge in [-0.05, 0) is 22.3 Å². The first kappa shape index (κ1) is 25.5. The van der Waals surface area contributed by atoms with Crippen molar-refractivity contribution in [1.82, 2.24) is 5.32 Å². The summed E-state index contributed by atoms with van der Waals surface area (Å²) in [5.41, 5.74) is 4.81. The second kappa shape index (κ2) is 14.9. The van der Waals surface area contributed by atoms with Crippen molar-refractivity contribution in [2.45, 2.75) is 5.92 Å². The molecule has 0 aliphatic heterocycles. The molecule has 3 rings (SSSR count). The zero-order valence-electron chi connectivity index (χ0n) is 18.8. The van der Waals surface area contributed by atoms with E-state index in [2.05, 4.69) is 29.6 Å². The van der Waals surface area contributed by atoms with Crippen molar-refractivity contribution in [3.05, 3.63) is 59.7 Å². The van der Waals surface area contributed by atoms with E-state index in [9.17, 15) is 4.79 Å². The van der Waals surface area contributed by atoms with E-state index in [4.69, 9.17) is 35.3 Å². The summed E-state index contributed by atoms with van der Waals surface area (Å²) in [6.45, 7) is 4.59. The van der Waals surface area contributed by atoms with Gasteiger partial charge in [0.25, 0.3) is 0 Å². The summed E-state index contributed by atoms with van der Waals surface area (Å²) >= 11 is 5.50. The molecule has 0 heterocycles. The first-order valence-corrected chi connectivity index (χ1v) is 11.8. The Balaban J connectivity index is 1.21. The van der Waals surface area contributed by atoms with E-state index < -0.39 is 6.09 Å². The lowest BCUT2D eigenvalue weighted by Crippen LogP contribution is -2.29. The Labute approximate surface area is 200 Å². The Kier molecular flexibility index (Phi) is 11.5. The number of rotatable bonds is 16. The van der Waals surface area contributed by atoms with Crippen molar-refractivity contribution in [1.29, 1.82) is 0 Å². The monoisotopic (exact) mass is 477 g/mol. The number of carbonyl (C=O) groups is 1. The number of fused-ring (bicyclic) bond motifs is 3. The number of nitrogens with one attached hydrogen (secondary N) is 1. The maximum absolute atomic E-state index is 12.1. The Hall–Kier alpha value is -2.16. The molecule has 0 spiro atoms. The standard InChI is InChI=1S/C25H32ClNO6/c26-9-11-29-13-15-31-17-18-32-16-14-30-12-10-27-25(28)33-19-24-22-7-3-1-5-20(22)21-6-2-4-8-23(21)24/h1-8,24H,9-19H2,(H,27,28). The van der Waals surface area contributed by atoms with Crippen LogP contribution >= 0.6 is 11.6 Å². The van der Waals surface area contributed by atoms with Gasteiger partial charge in [-0.2, -0.15) is 0 Å². The first-order valence-electron chi connectivity index (χ1n) is 11.3. The fraction of sp³-hybridized carbons (Fsp3) is 0.480. The number of halogens is 1. The lowest BCUT2D eigenvalue weighted by atomic mass is 9.98. The molecule has 1 aliphatic carbocycles. The van der Waals surface area contributed by atoms with Crippen molar-refractivity contribution in [3.8, 4) is 11.1 Å². The number of alkyl carbamates (subject to hydrolysis) is 1. The maximum atomic E-state index is 12.1. The predicted molar refractivity (Wildman–Crippen MR) is 127 cm³/mol. The number of carbonyl (C=O) groups excluding carboxylic acids is 1.